The molecule has 4 heteroatoms. The van der Waals surface area contributed by atoms with E-state index in [4.69, 9.17) is 16.7 Å². The third-order valence-electron chi connectivity index (χ3n) is 3.48. The molecular weight excluding hydrogens is 238 g/mol. The Morgan fingerprint density at radius 3 is 3.06 bits per heavy atom. The lowest BCUT2D eigenvalue weighted by atomic mass is 9.96. The maximum atomic E-state index is 11.0. The second kappa shape index (κ2) is 3.77. The van der Waals surface area contributed by atoms with Crippen LogP contribution in [-0.4, -0.2) is 15.6 Å². The monoisotopic (exact) mass is 249 g/mol. The van der Waals surface area contributed by atoms with Gasteiger partial charge in [0.05, 0.1) is 5.92 Å². The Morgan fingerprint density at radius 2 is 2.29 bits per heavy atom. The first-order chi connectivity index (χ1) is 8.16. The summed E-state index contributed by atoms with van der Waals surface area (Å²) in [5.41, 5.74) is 2.18. The van der Waals surface area contributed by atoms with Gasteiger partial charge in [-0.3, -0.25) is 4.79 Å². The summed E-state index contributed by atoms with van der Waals surface area (Å²) >= 11 is 6.15. The number of aromatic nitrogens is 1. The first-order valence-corrected chi connectivity index (χ1v) is 6.04. The maximum absolute atomic E-state index is 11.0. The highest BCUT2D eigenvalue weighted by atomic mass is 35.5. The predicted molar refractivity (Wildman–Crippen MR) is 66.4 cm³/mol. The van der Waals surface area contributed by atoms with Gasteiger partial charge in [0, 0.05) is 34.6 Å². The van der Waals surface area contributed by atoms with Gasteiger partial charge in [0.15, 0.2) is 0 Å². The molecule has 1 N–H and O–H groups in total. The van der Waals surface area contributed by atoms with E-state index in [-0.39, 0.29) is 5.92 Å². The molecule has 2 heterocycles. The molecule has 0 spiro atoms. The van der Waals surface area contributed by atoms with Gasteiger partial charge in [0.2, 0.25) is 0 Å². The van der Waals surface area contributed by atoms with E-state index in [9.17, 15) is 4.79 Å². The lowest BCUT2D eigenvalue weighted by Gasteiger charge is -2.21. The Hall–Kier alpha value is -1.48. The average molecular weight is 250 g/mol. The zero-order valence-electron chi connectivity index (χ0n) is 9.19. The Balaban J connectivity index is 2.13. The van der Waals surface area contributed by atoms with Gasteiger partial charge >= 0.3 is 5.97 Å². The van der Waals surface area contributed by atoms with Crippen molar-refractivity contribution in [2.75, 3.05) is 0 Å². The highest BCUT2D eigenvalue weighted by molar-refractivity contribution is 6.35. The molecule has 1 aliphatic rings. The van der Waals surface area contributed by atoms with E-state index in [1.807, 2.05) is 24.3 Å². The van der Waals surface area contributed by atoms with E-state index in [2.05, 4.69) is 4.57 Å². The lowest BCUT2D eigenvalue weighted by molar-refractivity contribution is -0.142. The van der Waals surface area contributed by atoms with Gasteiger partial charge < -0.3 is 9.67 Å². The van der Waals surface area contributed by atoms with Gasteiger partial charge in [-0.25, -0.2) is 0 Å². The lowest BCUT2D eigenvalue weighted by Crippen LogP contribution is -2.24. The number of benzene rings is 1. The normalized spacial score (nSPS) is 19.2. The van der Waals surface area contributed by atoms with Gasteiger partial charge in [-0.2, -0.15) is 0 Å². The number of hydrogen-bond donors (Lipinski definition) is 1. The molecule has 17 heavy (non-hydrogen) atoms. The molecular formula is C13H12ClNO2. The Labute approximate surface area is 104 Å². The summed E-state index contributed by atoms with van der Waals surface area (Å²) in [5.74, 6) is -0.960. The van der Waals surface area contributed by atoms with E-state index in [0.717, 1.165) is 28.2 Å². The fourth-order valence-corrected chi connectivity index (χ4v) is 2.81. The number of aliphatic carboxylic acids is 1. The summed E-state index contributed by atoms with van der Waals surface area (Å²) in [4.78, 5) is 11.0. The quantitative estimate of drug-likeness (QED) is 0.844. The predicted octanol–water partition coefficient (Wildman–Crippen LogP) is 2.94. The molecule has 0 aliphatic carbocycles. The fraction of sp³-hybridized carbons (Fsp3) is 0.308. The molecule has 1 aliphatic heterocycles. The van der Waals surface area contributed by atoms with Gasteiger partial charge in [0.1, 0.15) is 0 Å². The van der Waals surface area contributed by atoms with Crippen LogP contribution in [0.2, 0.25) is 5.02 Å². The number of fused-ring (bicyclic) bond motifs is 3. The minimum absolute atomic E-state index is 0.259. The van der Waals surface area contributed by atoms with Crippen LogP contribution in [0, 0.1) is 5.92 Å². The van der Waals surface area contributed by atoms with E-state index >= 15 is 0 Å². The molecule has 88 valence electrons. The van der Waals surface area contributed by atoms with E-state index in [1.54, 1.807) is 0 Å². The van der Waals surface area contributed by atoms with Gasteiger partial charge in [0.25, 0.3) is 0 Å². The Kier molecular flexibility index (Phi) is 2.37. The summed E-state index contributed by atoms with van der Waals surface area (Å²) in [6, 6.07) is 7.85. The Morgan fingerprint density at radius 1 is 1.47 bits per heavy atom. The van der Waals surface area contributed by atoms with Crippen molar-refractivity contribution in [3.8, 4) is 0 Å². The maximum Gasteiger partial charge on any atom is 0.306 e. The molecule has 3 rings (SSSR count). The molecule has 0 saturated carbocycles. The number of halogens is 1. The summed E-state index contributed by atoms with van der Waals surface area (Å²) in [6.45, 7) is 0.760. The zero-order chi connectivity index (χ0) is 12.0. The van der Waals surface area contributed by atoms with Gasteiger partial charge in [-0.1, -0.05) is 17.7 Å². The van der Waals surface area contributed by atoms with Crippen molar-refractivity contribution in [2.45, 2.75) is 19.4 Å². The smallest absolute Gasteiger partial charge is 0.306 e. The van der Waals surface area contributed by atoms with Crippen LogP contribution in [0.25, 0.3) is 10.9 Å². The SMILES string of the molecule is O=C(O)C1CCn2c(cc3c(Cl)cccc32)C1. The fourth-order valence-electron chi connectivity index (χ4n) is 2.59. The minimum Gasteiger partial charge on any atom is -0.481 e. The van der Waals surface area contributed by atoms with Crippen molar-refractivity contribution >= 4 is 28.5 Å². The van der Waals surface area contributed by atoms with E-state index < -0.39 is 5.97 Å². The molecule has 0 amide bonds. The van der Waals surface area contributed by atoms with Crippen molar-refractivity contribution in [1.82, 2.24) is 4.57 Å². The van der Waals surface area contributed by atoms with Crippen LogP contribution < -0.4 is 0 Å². The number of carboxylic acid groups (broad SMARTS) is 1. The van der Waals surface area contributed by atoms with Crippen LogP contribution in [0.1, 0.15) is 12.1 Å². The number of carboxylic acids is 1. The molecule has 0 saturated heterocycles. The molecule has 1 atom stereocenters. The second-order valence-corrected chi connectivity index (χ2v) is 4.90. The van der Waals surface area contributed by atoms with Crippen LogP contribution in [0.5, 0.6) is 0 Å². The summed E-state index contributed by atoms with van der Waals surface area (Å²) < 4.78 is 2.18. The van der Waals surface area contributed by atoms with Crippen LogP contribution in [0.15, 0.2) is 24.3 Å². The molecule has 1 aromatic heterocycles. The van der Waals surface area contributed by atoms with Crippen molar-refractivity contribution in [3.05, 3.63) is 35.0 Å². The van der Waals surface area contributed by atoms with Crippen LogP contribution in [0.3, 0.4) is 0 Å². The standard InChI is InChI=1S/C13H12ClNO2/c14-11-2-1-3-12-10(11)7-9-6-8(13(16)17)4-5-15(9)12/h1-3,7-8H,4-6H2,(H,16,17). The first kappa shape index (κ1) is 10.7. The molecule has 3 nitrogen and oxygen atoms in total. The first-order valence-electron chi connectivity index (χ1n) is 5.66. The van der Waals surface area contributed by atoms with Crippen molar-refractivity contribution in [1.29, 1.82) is 0 Å². The molecule has 0 fully saturated rings. The number of carbonyl (C=O) groups is 1. The number of nitrogens with zero attached hydrogens (tertiary/aromatic N) is 1. The van der Waals surface area contributed by atoms with Gasteiger partial charge in [-0.15, -0.1) is 0 Å². The Bertz CT molecular complexity index is 603. The number of aryl methyl sites for hydroxylation is 1. The topological polar surface area (TPSA) is 42.2 Å². The third-order valence-corrected chi connectivity index (χ3v) is 3.81. The zero-order valence-corrected chi connectivity index (χ0v) is 9.94. The summed E-state index contributed by atoms with van der Waals surface area (Å²) in [5, 5.41) is 10.8. The average Bonchev–Trinajstić information content (AvgIpc) is 2.68. The van der Waals surface area contributed by atoms with Gasteiger partial charge in [-0.05, 0) is 24.6 Å². The largest absolute Gasteiger partial charge is 0.481 e. The van der Waals surface area contributed by atoms with E-state index in [0.29, 0.717) is 12.8 Å². The molecule has 0 bridgehead atoms. The van der Waals surface area contributed by atoms with Crippen molar-refractivity contribution in [3.63, 3.8) is 0 Å². The van der Waals surface area contributed by atoms with Crippen LogP contribution >= 0.6 is 11.6 Å². The molecule has 1 unspecified atom stereocenters. The number of hydrogen-bond acceptors (Lipinski definition) is 1. The third kappa shape index (κ3) is 1.62. The highest BCUT2D eigenvalue weighted by Gasteiger charge is 2.25. The van der Waals surface area contributed by atoms with Crippen LogP contribution in [-0.2, 0) is 17.8 Å². The molecule has 1 aromatic carbocycles. The highest BCUT2D eigenvalue weighted by Crippen LogP contribution is 2.31. The summed E-state index contributed by atoms with van der Waals surface area (Å²) in [6.07, 6.45) is 1.29. The summed E-state index contributed by atoms with van der Waals surface area (Å²) in [7, 11) is 0. The number of rotatable bonds is 1. The minimum atomic E-state index is -0.701. The molecule has 0 radical (unpaired) electrons. The second-order valence-electron chi connectivity index (χ2n) is 4.49. The van der Waals surface area contributed by atoms with Crippen LogP contribution in [0.4, 0.5) is 0 Å². The van der Waals surface area contributed by atoms with Crippen molar-refractivity contribution in [2.24, 2.45) is 5.92 Å². The van der Waals surface area contributed by atoms with Crippen molar-refractivity contribution < 1.29 is 9.90 Å². The molecule has 2 aromatic rings. The van der Waals surface area contributed by atoms with E-state index in [1.165, 1.54) is 0 Å².